The first-order valence-corrected chi connectivity index (χ1v) is 12.7. The highest BCUT2D eigenvalue weighted by Crippen LogP contribution is 2.34. The summed E-state index contributed by atoms with van der Waals surface area (Å²) in [7, 11) is 0. The number of carbonyl (C=O) groups is 3. The van der Waals surface area contributed by atoms with E-state index < -0.39 is 0 Å². The minimum absolute atomic E-state index is 0.102. The first-order valence-electron chi connectivity index (χ1n) is 12.3. The van der Waals surface area contributed by atoms with Crippen LogP contribution in [-0.2, 0) is 11.3 Å². The maximum Gasteiger partial charge on any atom is 0.287 e. The Morgan fingerprint density at radius 2 is 1.81 bits per heavy atom. The molecule has 0 saturated heterocycles. The number of halogens is 1. The Labute approximate surface area is 219 Å². The Kier molecular flexibility index (Phi) is 7.46. The lowest BCUT2D eigenvalue weighted by Crippen LogP contribution is -2.38. The maximum absolute atomic E-state index is 12.8. The van der Waals surface area contributed by atoms with Gasteiger partial charge in [0.15, 0.2) is 24.8 Å². The van der Waals surface area contributed by atoms with E-state index >= 15 is 0 Å². The number of hydrogen-bond donors (Lipinski definition) is 1. The first-order chi connectivity index (χ1) is 18.0. The summed E-state index contributed by atoms with van der Waals surface area (Å²) in [6, 6.07) is 15.1. The normalized spacial score (nSPS) is 15.6. The number of Topliss-reactive ketones (excluding diaryl/α,β-unsaturated/α-hetero) is 1. The van der Waals surface area contributed by atoms with Crippen LogP contribution < -0.4 is 19.7 Å². The molecule has 8 nitrogen and oxygen atoms in total. The molecule has 2 amide bonds. The molecule has 0 spiro atoms. The van der Waals surface area contributed by atoms with Crippen molar-refractivity contribution >= 4 is 34.9 Å². The lowest BCUT2D eigenvalue weighted by atomic mass is 9.95. The highest BCUT2D eigenvalue weighted by Gasteiger charge is 2.28. The van der Waals surface area contributed by atoms with Gasteiger partial charge in [-0.15, -0.1) is 0 Å². The van der Waals surface area contributed by atoms with Gasteiger partial charge in [0.1, 0.15) is 17.3 Å². The van der Waals surface area contributed by atoms with Crippen LogP contribution in [0.25, 0.3) is 0 Å². The molecular formula is C28H27ClN2O6. The molecule has 192 valence electrons. The minimum Gasteiger partial charge on any atom is -0.485 e. The third-order valence-electron chi connectivity index (χ3n) is 6.55. The number of carbonyl (C=O) groups excluding carboxylic acids is 3. The van der Waals surface area contributed by atoms with Crippen molar-refractivity contribution in [3.63, 3.8) is 0 Å². The van der Waals surface area contributed by atoms with Crippen molar-refractivity contribution in [2.24, 2.45) is 0 Å². The molecule has 2 aromatic carbocycles. The molecule has 0 bridgehead atoms. The predicted molar refractivity (Wildman–Crippen MR) is 137 cm³/mol. The lowest BCUT2D eigenvalue weighted by Gasteiger charge is -2.29. The Morgan fingerprint density at radius 3 is 2.59 bits per heavy atom. The molecule has 1 aliphatic carbocycles. The van der Waals surface area contributed by atoms with Crippen LogP contribution in [0.5, 0.6) is 11.5 Å². The van der Waals surface area contributed by atoms with E-state index in [1.54, 1.807) is 54.6 Å². The Bertz CT molecular complexity index is 1300. The standard InChI is InChI=1S/C28H27ClN2O6/c29-19-7-9-21(10-8-19)35-16-24(32)18-6-12-25-23(14-18)31(27(33)17-36-25)15-22-11-13-26(37-22)28(34)30-20-4-2-1-3-5-20/h6-14,20H,1-5,15-17H2,(H,30,34). The molecule has 1 fully saturated rings. The summed E-state index contributed by atoms with van der Waals surface area (Å²) in [5.74, 6) is 0.895. The van der Waals surface area contributed by atoms with Crippen LogP contribution in [0.15, 0.2) is 59.0 Å². The zero-order valence-electron chi connectivity index (χ0n) is 20.2. The van der Waals surface area contributed by atoms with Gasteiger partial charge < -0.3 is 19.2 Å². The van der Waals surface area contributed by atoms with Crippen LogP contribution in [0, 0.1) is 0 Å². The monoisotopic (exact) mass is 522 g/mol. The van der Waals surface area contributed by atoms with E-state index in [-0.39, 0.29) is 49.2 Å². The number of rotatable bonds is 8. The van der Waals surface area contributed by atoms with E-state index in [2.05, 4.69) is 5.32 Å². The number of fused-ring (bicyclic) bond motifs is 1. The lowest BCUT2D eigenvalue weighted by molar-refractivity contribution is -0.121. The summed E-state index contributed by atoms with van der Waals surface area (Å²) < 4.78 is 16.9. The summed E-state index contributed by atoms with van der Waals surface area (Å²) in [5.41, 5.74) is 0.834. The molecule has 2 aliphatic rings. The van der Waals surface area contributed by atoms with E-state index in [9.17, 15) is 14.4 Å². The van der Waals surface area contributed by atoms with E-state index in [1.807, 2.05) is 0 Å². The number of ketones is 1. The van der Waals surface area contributed by atoms with E-state index in [1.165, 1.54) is 11.3 Å². The molecular weight excluding hydrogens is 496 g/mol. The predicted octanol–water partition coefficient (Wildman–Crippen LogP) is 5.18. The van der Waals surface area contributed by atoms with Gasteiger partial charge in [-0.2, -0.15) is 0 Å². The van der Waals surface area contributed by atoms with Gasteiger partial charge in [0.2, 0.25) is 0 Å². The van der Waals surface area contributed by atoms with Gasteiger partial charge in [-0.3, -0.25) is 19.3 Å². The van der Waals surface area contributed by atoms with Gasteiger partial charge in [-0.25, -0.2) is 0 Å². The number of ether oxygens (including phenoxy) is 2. The van der Waals surface area contributed by atoms with Crippen LogP contribution >= 0.6 is 11.6 Å². The molecule has 1 aromatic heterocycles. The number of nitrogens with one attached hydrogen (secondary N) is 1. The van der Waals surface area contributed by atoms with Crippen molar-refractivity contribution in [1.82, 2.24) is 5.32 Å². The average molecular weight is 523 g/mol. The van der Waals surface area contributed by atoms with Gasteiger partial charge in [0.05, 0.1) is 12.2 Å². The molecule has 0 radical (unpaired) electrons. The second-order valence-corrected chi connectivity index (χ2v) is 9.63. The molecule has 0 unspecified atom stereocenters. The highest BCUT2D eigenvalue weighted by atomic mass is 35.5. The topological polar surface area (TPSA) is 98.1 Å². The summed E-state index contributed by atoms with van der Waals surface area (Å²) in [6.45, 7) is -0.201. The number of benzene rings is 2. The van der Waals surface area contributed by atoms with Crippen molar-refractivity contribution in [3.8, 4) is 11.5 Å². The van der Waals surface area contributed by atoms with Crippen molar-refractivity contribution in [1.29, 1.82) is 0 Å². The van der Waals surface area contributed by atoms with Gasteiger partial charge in [0, 0.05) is 16.6 Å². The molecule has 37 heavy (non-hydrogen) atoms. The van der Waals surface area contributed by atoms with Crippen LogP contribution in [0.2, 0.25) is 5.02 Å². The SMILES string of the molecule is O=C(COc1ccc(Cl)cc1)c1ccc2c(c1)N(Cc1ccc(C(=O)NC3CCCCC3)o1)C(=O)CO2. The summed E-state index contributed by atoms with van der Waals surface area (Å²) in [6.07, 6.45) is 5.39. The van der Waals surface area contributed by atoms with E-state index in [0.717, 1.165) is 25.7 Å². The second-order valence-electron chi connectivity index (χ2n) is 9.19. The summed E-state index contributed by atoms with van der Waals surface area (Å²) in [4.78, 5) is 39.7. The fourth-order valence-corrected chi connectivity index (χ4v) is 4.68. The van der Waals surface area contributed by atoms with Crippen LogP contribution in [-0.4, -0.2) is 36.9 Å². The molecule has 1 N–H and O–H groups in total. The quantitative estimate of drug-likeness (QED) is 0.409. The van der Waals surface area contributed by atoms with Crippen molar-refractivity contribution in [2.75, 3.05) is 18.1 Å². The third-order valence-corrected chi connectivity index (χ3v) is 6.80. The first kappa shape index (κ1) is 24.9. The largest absolute Gasteiger partial charge is 0.485 e. The number of hydrogen-bond acceptors (Lipinski definition) is 6. The molecule has 3 aromatic rings. The van der Waals surface area contributed by atoms with Crippen LogP contribution in [0.1, 0.15) is 58.8 Å². The van der Waals surface area contributed by atoms with Gasteiger partial charge in [-0.1, -0.05) is 30.9 Å². The Morgan fingerprint density at radius 1 is 1.03 bits per heavy atom. The molecule has 1 saturated carbocycles. The molecule has 1 aliphatic heterocycles. The number of furan rings is 1. The smallest absolute Gasteiger partial charge is 0.287 e. The highest BCUT2D eigenvalue weighted by molar-refractivity contribution is 6.30. The molecule has 0 atom stereocenters. The van der Waals surface area contributed by atoms with Crippen molar-refractivity contribution in [2.45, 2.75) is 44.7 Å². The summed E-state index contributed by atoms with van der Waals surface area (Å²) in [5, 5.41) is 3.61. The van der Waals surface area contributed by atoms with Crippen molar-refractivity contribution < 1.29 is 28.3 Å². The zero-order chi connectivity index (χ0) is 25.8. The molecule has 5 rings (SSSR count). The fourth-order valence-electron chi connectivity index (χ4n) is 4.56. The summed E-state index contributed by atoms with van der Waals surface area (Å²) >= 11 is 5.88. The maximum atomic E-state index is 12.8. The Balaban J connectivity index is 1.27. The van der Waals surface area contributed by atoms with Crippen LogP contribution in [0.3, 0.4) is 0 Å². The molecule has 2 heterocycles. The fraction of sp³-hybridized carbons (Fsp3) is 0.321. The molecule has 9 heteroatoms. The van der Waals surface area contributed by atoms with Crippen molar-refractivity contribution in [3.05, 3.63) is 76.7 Å². The Hall–Kier alpha value is -3.78. The van der Waals surface area contributed by atoms with E-state index in [4.69, 9.17) is 25.5 Å². The minimum atomic E-state index is -0.279. The second kappa shape index (κ2) is 11.1. The van der Waals surface area contributed by atoms with Gasteiger partial charge >= 0.3 is 0 Å². The zero-order valence-corrected chi connectivity index (χ0v) is 21.0. The third kappa shape index (κ3) is 5.97. The number of amides is 2. The average Bonchev–Trinajstić information content (AvgIpc) is 3.39. The number of anilines is 1. The van der Waals surface area contributed by atoms with Gasteiger partial charge in [0.25, 0.3) is 11.8 Å². The van der Waals surface area contributed by atoms with E-state index in [0.29, 0.717) is 33.5 Å². The number of nitrogens with zero attached hydrogens (tertiary/aromatic N) is 1. The van der Waals surface area contributed by atoms with Crippen LogP contribution in [0.4, 0.5) is 5.69 Å². The van der Waals surface area contributed by atoms with Gasteiger partial charge in [-0.05, 0) is 67.4 Å².